The third kappa shape index (κ3) is 5.58. The van der Waals surface area contributed by atoms with E-state index in [2.05, 4.69) is 10.1 Å². The standard InChI is InChI=1S/C18H18F3NO4/c1-24-16-11-12(7-8-15(16)26-18(20)21)17(23)22-9-4-10-25-14-6-3-2-5-13(14)19/h2-3,5-8,11,18H,4,9-10H2,1H3,(H,22,23). The van der Waals surface area contributed by atoms with Gasteiger partial charge in [-0.1, -0.05) is 12.1 Å². The van der Waals surface area contributed by atoms with Crippen LogP contribution in [0.3, 0.4) is 0 Å². The van der Waals surface area contributed by atoms with Gasteiger partial charge in [-0.3, -0.25) is 4.79 Å². The van der Waals surface area contributed by atoms with Crippen LogP contribution in [0.2, 0.25) is 0 Å². The van der Waals surface area contributed by atoms with Crippen molar-refractivity contribution in [3.8, 4) is 17.2 Å². The summed E-state index contributed by atoms with van der Waals surface area (Å²) in [6.45, 7) is -2.46. The number of para-hydroxylation sites is 1. The van der Waals surface area contributed by atoms with Crippen molar-refractivity contribution in [3.63, 3.8) is 0 Å². The first-order valence-electron chi connectivity index (χ1n) is 7.79. The van der Waals surface area contributed by atoms with Crippen molar-refractivity contribution in [2.24, 2.45) is 0 Å². The maximum Gasteiger partial charge on any atom is 0.387 e. The van der Waals surface area contributed by atoms with Crippen LogP contribution in [-0.4, -0.2) is 32.8 Å². The SMILES string of the molecule is COc1cc(C(=O)NCCCOc2ccccc2F)ccc1OC(F)F. The van der Waals surface area contributed by atoms with Crippen molar-refractivity contribution in [3.05, 3.63) is 53.8 Å². The third-order valence-corrected chi connectivity index (χ3v) is 3.34. The number of rotatable bonds is 9. The molecule has 0 saturated carbocycles. The second kappa shape index (κ2) is 9.55. The van der Waals surface area contributed by atoms with E-state index in [-0.39, 0.29) is 29.4 Å². The Morgan fingerprint density at radius 3 is 2.58 bits per heavy atom. The van der Waals surface area contributed by atoms with Gasteiger partial charge in [0.1, 0.15) is 0 Å². The second-order valence-corrected chi connectivity index (χ2v) is 5.13. The summed E-state index contributed by atoms with van der Waals surface area (Å²) >= 11 is 0. The summed E-state index contributed by atoms with van der Waals surface area (Å²) in [5, 5.41) is 2.65. The third-order valence-electron chi connectivity index (χ3n) is 3.34. The Labute approximate surface area is 148 Å². The molecule has 140 valence electrons. The number of halogens is 3. The molecule has 1 amide bonds. The van der Waals surface area contributed by atoms with E-state index in [1.807, 2.05) is 0 Å². The van der Waals surface area contributed by atoms with Crippen LogP contribution in [-0.2, 0) is 0 Å². The van der Waals surface area contributed by atoms with Gasteiger partial charge in [-0.2, -0.15) is 8.78 Å². The maximum absolute atomic E-state index is 13.4. The summed E-state index contributed by atoms with van der Waals surface area (Å²) in [5.74, 6) is -0.830. The number of methoxy groups -OCH3 is 1. The zero-order valence-corrected chi connectivity index (χ0v) is 14.0. The Morgan fingerprint density at radius 1 is 1.12 bits per heavy atom. The second-order valence-electron chi connectivity index (χ2n) is 5.13. The van der Waals surface area contributed by atoms with Gasteiger partial charge in [0.05, 0.1) is 13.7 Å². The number of amides is 1. The molecule has 1 N–H and O–H groups in total. The normalized spacial score (nSPS) is 10.5. The number of nitrogens with one attached hydrogen (secondary N) is 1. The fraction of sp³-hybridized carbons (Fsp3) is 0.278. The minimum absolute atomic E-state index is 0.0286. The van der Waals surface area contributed by atoms with Crippen LogP contribution >= 0.6 is 0 Å². The lowest BCUT2D eigenvalue weighted by molar-refractivity contribution is -0.0512. The Hall–Kier alpha value is -2.90. The van der Waals surface area contributed by atoms with Crippen LogP contribution in [0, 0.1) is 5.82 Å². The molecule has 0 aliphatic rings. The molecule has 0 radical (unpaired) electrons. The van der Waals surface area contributed by atoms with Crippen LogP contribution < -0.4 is 19.5 Å². The molecule has 0 aliphatic heterocycles. The van der Waals surface area contributed by atoms with E-state index in [1.165, 1.54) is 37.4 Å². The summed E-state index contributed by atoms with van der Waals surface area (Å²) in [4.78, 5) is 12.1. The molecule has 0 atom stereocenters. The first-order chi connectivity index (χ1) is 12.5. The monoisotopic (exact) mass is 369 g/mol. The van der Waals surface area contributed by atoms with E-state index in [4.69, 9.17) is 9.47 Å². The number of benzene rings is 2. The molecule has 2 aromatic carbocycles. The lowest BCUT2D eigenvalue weighted by Gasteiger charge is -2.12. The van der Waals surface area contributed by atoms with Crippen LogP contribution in [0.1, 0.15) is 16.8 Å². The highest BCUT2D eigenvalue weighted by Gasteiger charge is 2.14. The molecule has 26 heavy (non-hydrogen) atoms. The number of hydrogen-bond acceptors (Lipinski definition) is 4. The van der Waals surface area contributed by atoms with E-state index in [0.717, 1.165) is 0 Å². The Morgan fingerprint density at radius 2 is 1.88 bits per heavy atom. The van der Waals surface area contributed by atoms with Crippen molar-refractivity contribution in [1.82, 2.24) is 5.32 Å². The summed E-state index contributed by atoms with van der Waals surface area (Å²) in [7, 11) is 1.29. The van der Waals surface area contributed by atoms with Crippen molar-refractivity contribution >= 4 is 5.91 Å². The Bertz CT molecular complexity index is 740. The highest BCUT2D eigenvalue weighted by molar-refractivity contribution is 5.94. The Kier molecular flexibility index (Phi) is 7.13. The minimum Gasteiger partial charge on any atom is -0.493 e. The smallest absolute Gasteiger partial charge is 0.387 e. The minimum atomic E-state index is -2.99. The predicted octanol–water partition coefficient (Wildman–Crippen LogP) is 3.63. The van der Waals surface area contributed by atoms with Gasteiger partial charge in [0.25, 0.3) is 5.91 Å². The molecule has 0 saturated heterocycles. The molecular weight excluding hydrogens is 351 g/mol. The fourth-order valence-electron chi connectivity index (χ4n) is 2.12. The average molecular weight is 369 g/mol. The van der Waals surface area contributed by atoms with E-state index in [0.29, 0.717) is 13.0 Å². The number of ether oxygens (including phenoxy) is 3. The van der Waals surface area contributed by atoms with Crippen molar-refractivity contribution in [2.45, 2.75) is 13.0 Å². The molecule has 2 aromatic rings. The Balaban J connectivity index is 1.81. The zero-order valence-electron chi connectivity index (χ0n) is 14.0. The zero-order chi connectivity index (χ0) is 18.9. The van der Waals surface area contributed by atoms with Gasteiger partial charge in [-0.05, 0) is 36.8 Å². The van der Waals surface area contributed by atoms with Gasteiger partial charge in [-0.15, -0.1) is 0 Å². The highest BCUT2D eigenvalue weighted by Crippen LogP contribution is 2.29. The number of carbonyl (C=O) groups is 1. The predicted molar refractivity (Wildman–Crippen MR) is 88.5 cm³/mol. The summed E-state index contributed by atoms with van der Waals surface area (Å²) in [6, 6.07) is 9.94. The van der Waals surface area contributed by atoms with Crippen LogP contribution in [0.25, 0.3) is 0 Å². The van der Waals surface area contributed by atoms with Gasteiger partial charge in [-0.25, -0.2) is 4.39 Å². The summed E-state index contributed by atoms with van der Waals surface area (Å²) in [5.41, 5.74) is 0.235. The first kappa shape index (κ1) is 19.4. The number of carbonyl (C=O) groups excluding carboxylic acids is 1. The van der Waals surface area contributed by atoms with Crippen LogP contribution in [0.5, 0.6) is 17.2 Å². The van der Waals surface area contributed by atoms with E-state index in [1.54, 1.807) is 12.1 Å². The van der Waals surface area contributed by atoms with Crippen molar-refractivity contribution in [2.75, 3.05) is 20.3 Å². The molecule has 0 unspecified atom stereocenters. The molecule has 0 heterocycles. The quantitative estimate of drug-likeness (QED) is 0.686. The van der Waals surface area contributed by atoms with E-state index in [9.17, 15) is 18.0 Å². The van der Waals surface area contributed by atoms with E-state index < -0.39 is 18.3 Å². The maximum atomic E-state index is 13.4. The number of alkyl halides is 2. The molecular formula is C18H18F3NO4. The molecule has 0 bridgehead atoms. The van der Waals surface area contributed by atoms with Gasteiger partial charge in [0.15, 0.2) is 23.1 Å². The lowest BCUT2D eigenvalue weighted by atomic mass is 10.2. The van der Waals surface area contributed by atoms with Crippen LogP contribution in [0.15, 0.2) is 42.5 Å². The summed E-state index contributed by atoms with van der Waals surface area (Å²) in [6.07, 6.45) is 0.462. The average Bonchev–Trinajstić information content (AvgIpc) is 2.62. The topological polar surface area (TPSA) is 56.8 Å². The van der Waals surface area contributed by atoms with Crippen molar-refractivity contribution < 1.29 is 32.2 Å². The molecule has 0 aliphatic carbocycles. The van der Waals surface area contributed by atoms with Gasteiger partial charge in [0.2, 0.25) is 0 Å². The first-order valence-corrected chi connectivity index (χ1v) is 7.79. The van der Waals surface area contributed by atoms with Gasteiger partial charge >= 0.3 is 6.61 Å². The molecule has 0 aromatic heterocycles. The lowest BCUT2D eigenvalue weighted by Crippen LogP contribution is -2.25. The molecule has 0 fully saturated rings. The molecule has 5 nitrogen and oxygen atoms in total. The van der Waals surface area contributed by atoms with Gasteiger partial charge < -0.3 is 19.5 Å². The molecule has 0 spiro atoms. The van der Waals surface area contributed by atoms with Crippen molar-refractivity contribution in [1.29, 1.82) is 0 Å². The van der Waals surface area contributed by atoms with Crippen LogP contribution in [0.4, 0.5) is 13.2 Å². The molecule has 8 heteroatoms. The number of hydrogen-bond donors (Lipinski definition) is 1. The van der Waals surface area contributed by atoms with E-state index >= 15 is 0 Å². The fourth-order valence-corrected chi connectivity index (χ4v) is 2.12. The highest BCUT2D eigenvalue weighted by atomic mass is 19.3. The molecule has 2 rings (SSSR count). The largest absolute Gasteiger partial charge is 0.493 e. The van der Waals surface area contributed by atoms with Gasteiger partial charge in [0, 0.05) is 12.1 Å². The summed E-state index contributed by atoms with van der Waals surface area (Å²) < 4.78 is 52.5.